The summed E-state index contributed by atoms with van der Waals surface area (Å²) in [6.45, 7) is 9.12. The van der Waals surface area contributed by atoms with E-state index in [0.717, 1.165) is 25.7 Å². The van der Waals surface area contributed by atoms with E-state index in [0.29, 0.717) is 17.8 Å². The normalized spacial score (nSPS) is 48.9. The van der Waals surface area contributed by atoms with Crippen molar-refractivity contribution in [2.75, 3.05) is 7.05 Å². The number of amides is 1. The molecule has 1 amide bonds. The first-order chi connectivity index (χ1) is 11.7. The average Bonchev–Trinajstić information content (AvgIpc) is 2.86. The smallest absolute Gasteiger partial charge is 0.246 e. The summed E-state index contributed by atoms with van der Waals surface area (Å²) < 4.78 is 0. The van der Waals surface area contributed by atoms with Gasteiger partial charge in [0.25, 0.3) is 0 Å². The molecule has 7 atom stereocenters. The van der Waals surface area contributed by atoms with Gasteiger partial charge in [-0.25, -0.2) is 0 Å². The highest BCUT2D eigenvalue weighted by molar-refractivity contribution is 5.89. The number of aliphatic hydroxyl groups is 1. The molecule has 0 radical (unpaired) electrons. The van der Waals surface area contributed by atoms with Gasteiger partial charge in [-0.05, 0) is 80.8 Å². The Balaban J connectivity index is 1.82. The van der Waals surface area contributed by atoms with Crippen LogP contribution >= 0.6 is 0 Å². The summed E-state index contributed by atoms with van der Waals surface area (Å²) in [5.74, 6) is 1.99. The van der Waals surface area contributed by atoms with Gasteiger partial charge in [0.2, 0.25) is 5.91 Å². The summed E-state index contributed by atoms with van der Waals surface area (Å²) in [6.07, 6.45) is 9.42. The molecule has 1 aliphatic heterocycles. The molecule has 138 valence electrons. The van der Waals surface area contributed by atoms with E-state index < -0.39 is 0 Å². The molecule has 0 unspecified atom stereocenters. The fourth-order valence-corrected chi connectivity index (χ4v) is 7.10. The molecule has 0 aromatic rings. The Morgan fingerprint density at radius 1 is 1.20 bits per heavy atom. The lowest BCUT2D eigenvalue weighted by atomic mass is 9.47. The van der Waals surface area contributed by atoms with Crippen molar-refractivity contribution in [1.29, 1.82) is 0 Å². The highest BCUT2D eigenvalue weighted by atomic mass is 16.3. The van der Waals surface area contributed by atoms with Crippen LogP contribution in [0.5, 0.6) is 0 Å². The molecular weight excluding hydrogens is 310 g/mol. The first-order valence-corrected chi connectivity index (χ1v) is 10.0. The van der Waals surface area contributed by atoms with Crippen LogP contribution in [0.25, 0.3) is 0 Å². The predicted octanol–water partition coefficient (Wildman–Crippen LogP) is 3.93. The van der Waals surface area contributed by atoms with Gasteiger partial charge in [-0.2, -0.15) is 0 Å². The molecule has 1 N–H and O–H groups in total. The third-order valence-corrected chi connectivity index (χ3v) is 8.52. The van der Waals surface area contributed by atoms with E-state index >= 15 is 0 Å². The third-order valence-electron chi connectivity index (χ3n) is 8.52. The summed E-state index contributed by atoms with van der Waals surface area (Å²) >= 11 is 0. The van der Waals surface area contributed by atoms with Crippen molar-refractivity contribution in [3.05, 3.63) is 23.3 Å². The molecule has 0 aromatic heterocycles. The number of carbonyl (C=O) groups excluding carboxylic acids is 1. The lowest BCUT2D eigenvalue weighted by Crippen LogP contribution is -2.60. The summed E-state index contributed by atoms with van der Waals surface area (Å²) in [7, 11) is 1.98. The van der Waals surface area contributed by atoms with Crippen LogP contribution in [-0.4, -0.2) is 35.1 Å². The molecule has 3 nitrogen and oxygen atoms in total. The van der Waals surface area contributed by atoms with E-state index in [2.05, 4.69) is 33.8 Å². The number of fused-ring (bicyclic) bond motifs is 5. The van der Waals surface area contributed by atoms with Crippen molar-refractivity contribution in [3.8, 4) is 0 Å². The molecule has 4 rings (SSSR count). The maximum Gasteiger partial charge on any atom is 0.246 e. The van der Waals surface area contributed by atoms with Crippen LogP contribution in [-0.2, 0) is 4.79 Å². The molecule has 0 saturated heterocycles. The quantitative estimate of drug-likeness (QED) is 0.677. The summed E-state index contributed by atoms with van der Waals surface area (Å²) in [6, 6.07) is 0.201. The van der Waals surface area contributed by atoms with Crippen molar-refractivity contribution in [1.82, 2.24) is 4.90 Å². The van der Waals surface area contributed by atoms with Crippen LogP contribution < -0.4 is 0 Å². The number of hydrogen-bond acceptors (Lipinski definition) is 2. The Morgan fingerprint density at radius 2 is 1.92 bits per heavy atom. The van der Waals surface area contributed by atoms with Crippen molar-refractivity contribution in [2.24, 2.45) is 28.6 Å². The van der Waals surface area contributed by atoms with Crippen LogP contribution in [0.4, 0.5) is 0 Å². The van der Waals surface area contributed by atoms with Crippen molar-refractivity contribution >= 4 is 5.91 Å². The maximum absolute atomic E-state index is 12.4. The van der Waals surface area contributed by atoms with E-state index in [1.165, 1.54) is 17.6 Å². The largest absolute Gasteiger partial charge is 0.393 e. The number of likely N-dealkylation sites (N-methyl/N-ethyl adjacent to an activating group) is 1. The van der Waals surface area contributed by atoms with Crippen LogP contribution in [0.15, 0.2) is 23.3 Å². The molecule has 3 aliphatic carbocycles. The number of rotatable bonds is 0. The van der Waals surface area contributed by atoms with E-state index in [1.54, 1.807) is 6.08 Å². The Hall–Kier alpha value is -1.09. The van der Waals surface area contributed by atoms with E-state index in [-0.39, 0.29) is 28.9 Å². The van der Waals surface area contributed by atoms with Crippen LogP contribution in [0.1, 0.15) is 59.8 Å². The molecule has 0 spiro atoms. The van der Waals surface area contributed by atoms with Gasteiger partial charge >= 0.3 is 0 Å². The van der Waals surface area contributed by atoms with Gasteiger partial charge in [0.1, 0.15) is 0 Å². The Morgan fingerprint density at radius 3 is 2.60 bits per heavy atom. The standard InChI is InChI=1S/C22H33NO2/c1-13(2)14-12-15-16-6-7-18(24)21(16,3)10-8-17(15)22(4)11-9-19(25)23(5)20(14)22/h9,11,15-18,20,24H,6-8,10,12H2,1-5H3/t15-,16-,17-,18-,20+,21-,22+/m0/s1. The molecule has 4 aliphatic rings. The number of hydrogen-bond donors (Lipinski definition) is 1. The lowest BCUT2D eigenvalue weighted by molar-refractivity contribution is -0.135. The Bertz CT molecular complexity index is 661. The molecule has 0 aromatic carbocycles. The topological polar surface area (TPSA) is 40.5 Å². The fraction of sp³-hybridized carbons (Fsp3) is 0.773. The fourth-order valence-electron chi connectivity index (χ4n) is 7.10. The van der Waals surface area contributed by atoms with Gasteiger partial charge in [-0.1, -0.05) is 25.5 Å². The lowest BCUT2D eigenvalue weighted by Gasteiger charge is -2.61. The van der Waals surface area contributed by atoms with Gasteiger partial charge in [0.15, 0.2) is 0 Å². The molecule has 25 heavy (non-hydrogen) atoms. The van der Waals surface area contributed by atoms with Crippen molar-refractivity contribution < 1.29 is 9.90 Å². The zero-order valence-corrected chi connectivity index (χ0v) is 16.4. The highest BCUT2D eigenvalue weighted by Gasteiger charge is 2.61. The van der Waals surface area contributed by atoms with E-state index in [9.17, 15) is 9.90 Å². The molecular formula is C22H33NO2. The minimum absolute atomic E-state index is 0.0209. The first-order valence-electron chi connectivity index (χ1n) is 10.0. The number of aliphatic hydroxyl groups excluding tert-OH is 1. The highest BCUT2D eigenvalue weighted by Crippen LogP contribution is 2.64. The third kappa shape index (κ3) is 2.17. The summed E-state index contributed by atoms with van der Waals surface area (Å²) in [5.41, 5.74) is 2.95. The molecule has 3 saturated carbocycles. The van der Waals surface area contributed by atoms with Gasteiger partial charge in [0.05, 0.1) is 12.1 Å². The van der Waals surface area contributed by atoms with Gasteiger partial charge in [-0.15, -0.1) is 0 Å². The Kier molecular flexibility index (Phi) is 3.78. The van der Waals surface area contributed by atoms with Gasteiger partial charge in [0, 0.05) is 12.5 Å². The monoisotopic (exact) mass is 343 g/mol. The summed E-state index contributed by atoms with van der Waals surface area (Å²) in [4.78, 5) is 14.4. The second-order valence-electron chi connectivity index (χ2n) is 9.79. The van der Waals surface area contributed by atoms with E-state index in [4.69, 9.17) is 0 Å². The predicted molar refractivity (Wildman–Crippen MR) is 99.8 cm³/mol. The molecule has 3 fully saturated rings. The minimum Gasteiger partial charge on any atom is -0.393 e. The Labute approximate surface area is 152 Å². The zero-order chi connectivity index (χ0) is 18.1. The van der Waals surface area contributed by atoms with E-state index in [1.807, 2.05) is 11.9 Å². The SMILES string of the molecule is CC(C)=C1C[C@@H]2[C@H](CC[C@]3(C)[C@@H](O)CC[C@@H]23)[C@@]2(C)C=CC(=O)N(C)[C@H]12. The van der Waals surface area contributed by atoms with Crippen LogP contribution in [0.2, 0.25) is 0 Å². The minimum atomic E-state index is -0.134. The number of nitrogens with zero attached hydrogens (tertiary/aromatic N) is 1. The molecule has 3 heteroatoms. The average molecular weight is 344 g/mol. The zero-order valence-electron chi connectivity index (χ0n) is 16.4. The number of carbonyl (C=O) groups is 1. The van der Waals surface area contributed by atoms with Gasteiger partial charge < -0.3 is 10.0 Å². The second kappa shape index (κ2) is 5.45. The van der Waals surface area contributed by atoms with Crippen molar-refractivity contribution in [3.63, 3.8) is 0 Å². The van der Waals surface area contributed by atoms with Crippen LogP contribution in [0.3, 0.4) is 0 Å². The first kappa shape index (κ1) is 17.3. The molecule has 1 heterocycles. The molecule has 0 bridgehead atoms. The van der Waals surface area contributed by atoms with Crippen LogP contribution in [0, 0.1) is 28.6 Å². The van der Waals surface area contributed by atoms with Crippen molar-refractivity contribution in [2.45, 2.75) is 71.9 Å². The number of allylic oxidation sites excluding steroid dienone is 1. The maximum atomic E-state index is 12.4. The summed E-state index contributed by atoms with van der Waals surface area (Å²) in [5, 5.41) is 10.6. The second-order valence-corrected chi connectivity index (χ2v) is 9.79. The van der Waals surface area contributed by atoms with Gasteiger partial charge in [-0.3, -0.25) is 4.79 Å².